The number of hydrogen-bond donors (Lipinski definition) is 0. The van der Waals surface area contributed by atoms with Crippen molar-refractivity contribution in [3.8, 4) is 5.88 Å². The van der Waals surface area contributed by atoms with Gasteiger partial charge in [0.05, 0.1) is 6.54 Å². The van der Waals surface area contributed by atoms with E-state index >= 15 is 0 Å². The Balaban J connectivity index is 1.55. The van der Waals surface area contributed by atoms with Crippen molar-refractivity contribution in [1.82, 2.24) is 9.88 Å². The van der Waals surface area contributed by atoms with E-state index in [1.807, 2.05) is 30.0 Å². The number of carbonyl (C=O) groups excluding carboxylic acids is 1. The third-order valence-electron chi connectivity index (χ3n) is 4.31. The molecule has 0 radical (unpaired) electrons. The fourth-order valence-electron chi connectivity index (χ4n) is 3.21. The molecule has 108 valence electrons. The minimum Gasteiger partial charge on any atom is -0.472 e. The maximum atomic E-state index is 12.4. The maximum Gasteiger partial charge on any atom is 0.225 e. The average molecular weight is 274 g/mol. The van der Waals surface area contributed by atoms with Crippen molar-refractivity contribution in [3.05, 3.63) is 23.9 Å². The number of rotatable bonds is 3. The summed E-state index contributed by atoms with van der Waals surface area (Å²) in [6, 6.07) is 5.79. The van der Waals surface area contributed by atoms with Crippen LogP contribution in [0.1, 0.15) is 37.8 Å². The molecule has 0 N–H and O–H groups in total. The predicted octanol–water partition coefficient (Wildman–Crippen LogP) is 2.56. The Kier molecular flexibility index (Phi) is 3.90. The predicted molar refractivity (Wildman–Crippen MR) is 76.5 cm³/mol. The number of likely N-dealkylation sites (tertiary alicyclic amines) is 1. The van der Waals surface area contributed by atoms with Crippen molar-refractivity contribution in [2.24, 2.45) is 5.92 Å². The number of aryl methyl sites for hydroxylation is 1. The first-order chi connectivity index (χ1) is 9.72. The highest BCUT2D eigenvalue weighted by atomic mass is 16.5. The molecule has 1 amide bonds. The van der Waals surface area contributed by atoms with Gasteiger partial charge < -0.3 is 9.64 Å². The van der Waals surface area contributed by atoms with E-state index in [-0.39, 0.29) is 12.0 Å². The summed E-state index contributed by atoms with van der Waals surface area (Å²) in [6.07, 6.45) is 5.55. The topological polar surface area (TPSA) is 42.4 Å². The Morgan fingerprint density at radius 3 is 2.85 bits per heavy atom. The first-order valence-corrected chi connectivity index (χ1v) is 7.61. The summed E-state index contributed by atoms with van der Waals surface area (Å²) >= 11 is 0. The van der Waals surface area contributed by atoms with Crippen LogP contribution in [0, 0.1) is 12.8 Å². The summed E-state index contributed by atoms with van der Waals surface area (Å²) in [6.45, 7) is 3.49. The van der Waals surface area contributed by atoms with E-state index in [4.69, 9.17) is 4.74 Å². The molecule has 3 rings (SSSR count). The van der Waals surface area contributed by atoms with Crippen molar-refractivity contribution >= 4 is 5.91 Å². The molecule has 1 aliphatic heterocycles. The lowest BCUT2D eigenvalue weighted by molar-refractivity contribution is -0.134. The first kappa shape index (κ1) is 13.4. The summed E-state index contributed by atoms with van der Waals surface area (Å²) in [5.74, 6) is 1.28. The van der Waals surface area contributed by atoms with Crippen molar-refractivity contribution in [1.29, 1.82) is 0 Å². The summed E-state index contributed by atoms with van der Waals surface area (Å²) < 4.78 is 5.89. The zero-order valence-electron chi connectivity index (χ0n) is 12.0. The highest BCUT2D eigenvalue weighted by Crippen LogP contribution is 2.28. The minimum absolute atomic E-state index is 0.0923. The summed E-state index contributed by atoms with van der Waals surface area (Å²) in [5, 5.41) is 0. The van der Waals surface area contributed by atoms with Gasteiger partial charge in [-0.1, -0.05) is 18.9 Å². The van der Waals surface area contributed by atoms with Crippen LogP contribution in [0.5, 0.6) is 5.88 Å². The van der Waals surface area contributed by atoms with Crippen LogP contribution >= 0.6 is 0 Å². The van der Waals surface area contributed by atoms with Gasteiger partial charge in [0.1, 0.15) is 6.10 Å². The fraction of sp³-hybridized carbons (Fsp3) is 0.625. The Bertz CT molecular complexity index is 483. The normalized spacial score (nSPS) is 23.2. The Morgan fingerprint density at radius 1 is 1.30 bits per heavy atom. The van der Waals surface area contributed by atoms with E-state index in [1.165, 1.54) is 12.8 Å². The number of aromatic nitrogens is 1. The Labute approximate surface area is 120 Å². The molecule has 1 saturated heterocycles. The van der Waals surface area contributed by atoms with Gasteiger partial charge in [-0.3, -0.25) is 4.79 Å². The second-order valence-electron chi connectivity index (χ2n) is 5.91. The van der Waals surface area contributed by atoms with Gasteiger partial charge >= 0.3 is 0 Å². The van der Waals surface area contributed by atoms with E-state index in [0.29, 0.717) is 18.3 Å². The molecule has 2 aliphatic rings. The van der Waals surface area contributed by atoms with E-state index in [9.17, 15) is 4.79 Å². The highest BCUT2D eigenvalue weighted by molar-refractivity contribution is 5.79. The highest BCUT2D eigenvalue weighted by Gasteiger charge is 2.33. The second-order valence-corrected chi connectivity index (χ2v) is 5.91. The van der Waals surface area contributed by atoms with Gasteiger partial charge in [0.15, 0.2) is 0 Å². The molecule has 1 aromatic rings. The minimum atomic E-state index is 0.0923. The van der Waals surface area contributed by atoms with Crippen LogP contribution < -0.4 is 4.74 Å². The molecule has 2 heterocycles. The van der Waals surface area contributed by atoms with Crippen molar-refractivity contribution in [2.75, 3.05) is 13.1 Å². The van der Waals surface area contributed by atoms with Gasteiger partial charge in [0, 0.05) is 30.6 Å². The molecule has 0 bridgehead atoms. The number of hydrogen-bond acceptors (Lipinski definition) is 3. The first-order valence-electron chi connectivity index (χ1n) is 7.61. The van der Waals surface area contributed by atoms with Crippen LogP contribution in [0.3, 0.4) is 0 Å². The molecule has 1 atom stereocenters. The molecule has 0 aromatic carbocycles. The molecule has 0 spiro atoms. The quantitative estimate of drug-likeness (QED) is 0.850. The summed E-state index contributed by atoms with van der Waals surface area (Å²) in [7, 11) is 0. The third kappa shape index (κ3) is 2.94. The zero-order chi connectivity index (χ0) is 13.9. The van der Waals surface area contributed by atoms with Crippen LogP contribution in [-0.2, 0) is 4.79 Å². The molecule has 1 unspecified atom stereocenters. The van der Waals surface area contributed by atoms with Crippen molar-refractivity contribution in [2.45, 2.75) is 45.1 Å². The second kappa shape index (κ2) is 5.81. The van der Waals surface area contributed by atoms with Gasteiger partial charge in [-0.05, 0) is 25.8 Å². The molecule has 4 heteroatoms. The smallest absolute Gasteiger partial charge is 0.225 e. The summed E-state index contributed by atoms with van der Waals surface area (Å²) in [5.41, 5.74) is 0.958. The molecule has 20 heavy (non-hydrogen) atoms. The van der Waals surface area contributed by atoms with Crippen LogP contribution in [0.25, 0.3) is 0 Å². The van der Waals surface area contributed by atoms with E-state index in [0.717, 1.165) is 31.5 Å². The molecular formula is C16H22N2O2. The molecule has 1 aromatic heterocycles. The standard InChI is InChI=1S/C16H22N2O2/c1-12-5-4-8-15(17-12)20-14-9-10-18(11-14)16(19)13-6-2-3-7-13/h4-5,8,13-14H,2-3,6-7,9-11H2,1H3. The number of pyridine rings is 1. The van der Waals surface area contributed by atoms with Crippen LogP contribution in [0.2, 0.25) is 0 Å². The zero-order valence-corrected chi connectivity index (χ0v) is 12.0. The van der Waals surface area contributed by atoms with E-state index in [1.54, 1.807) is 0 Å². The lowest BCUT2D eigenvalue weighted by Gasteiger charge is -2.20. The van der Waals surface area contributed by atoms with E-state index in [2.05, 4.69) is 4.98 Å². The lowest BCUT2D eigenvalue weighted by Crippen LogP contribution is -2.34. The third-order valence-corrected chi connectivity index (χ3v) is 4.31. The lowest BCUT2D eigenvalue weighted by atomic mass is 10.1. The molecule has 1 saturated carbocycles. The van der Waals surface area contributed by atoms with Crippen LogP contribution in [0.4, 0.5) is 0 Å². The van der Waals surface area contributed by atoms with Crippen molar-refractivity contribution in [3.63, 3.8) is 0 Å². The van der Waals surface area contributed by atoms with Gasteiger partial charge in [0.2, 0.25) is 11.8 Å². The number of amides is 1. The molecule has 1 aliphatic carbocycles. The van der Waals surface area contributed by atoms with Crippen LogP contribution in [0.15, 0.2) is 18.2 Å². The SMILES string of the molecule is Cc1cccc(OC2CCN(C(=O)C3CCCC3)C2)n1. The van der Waals surface area contributed by atoms with E-state index < -0.39 is 0 Å². The van der Waals surface area contributed by atoms with Gasteiger partial charge in [-0.25, -0.2) is 4.98 Å². The molecular weight excluding hydrogens is 252 g/mol. The molecule has 2 fully saturated rings. The average Bonchev–Trinajstić information content (AvgIpc) is 3.09. The maximum absolute atomic E-state index is 12.4. The van der Waals surface area contributed by atoms with Gasteiger partial charge in [-0.15, -0.1) is 0 Å². The Morgan fingerprint density at radius 2 is 2.10 bits per heavy atom. The fourth-order valence-corrected chi connectivity index (χ4v) is 3.21. The summed E-state index contributed by atoms with van der Waals surface area (Å²) in [4.78, 5) is 18.7. The van der Waals surface area contributed by atoms with Crippen molar-refractivity contribution < 1.29 is 9.53 Å². The number of ether oxygens (including phenoxy) is 1. The largest absolute Gasteiger partial charge is 0.472 e. The van der Waals surface area contributed by atoms with Gasteiger partial charge in [0.25, 0.3) is 0 Å². The number of carbonyl (C=O) groups is 1. The van der Waals surface area contributed by atoms with Crippen LogP contribution in [-0.4, -0.2) is 35.0 Å². The molecule has 4 nitrogen and oxygen atoms in total. The van der Waals surface area contributed by atoms with Gasteiger partial charge in [-0.2, -0.15) is 0 Å². The number of nitrogens with zero attached hydrogens (tertiary/aromatic N) is 2. The Hall–Kier alpha value is -1.58. The monoisotopic (exact) mass is 274 g/mol.